The molecule has 0 atom stereocenters. The van der Waals surface area contributed by atoms with E-state index < -0.39 is 23.1 Å². The highest BCUT2D eigenvalue weighted by atomic mass is 19.4. The zero-order chi connectivity index (χ0) is 20.5. The average Bonchev–Trinajstić information content (AvgIpc) is 2.66. The smallest absolute Gasteiger partial charge is 0.325 e. The number of amides is 2. The number of anilines is 2. The van der Waals surface area contributed by atoms with Crippen LogP contribution in [0.25, 0.3) is 0 Å². The van der Waals surface area contributed by atoms with Gasteiger partial charge in [-0.25, -0.2) is 0 Å². The van der Waals surface area contributed by atoms with Gasteiger partial charge in [0.15, 0.2) is 0 Å². The number of benzene rings is 2. The number of para-hydroxylation sites is 1. The molecule has 4 nitrogen and oxygen atoms in total. The molecule has 1 aliphatic heterocycles. The van der Waals surface area contributed by atoms with Gasteiger partial charge in [0, 0.05) is 17.9 Å². The monoisotopic (exact) mass is 390 g/mol. The Bertz CT molecular complexity index is 889. The Morgan fingerprint density at radius 2 is 1.64 bits per heavy atom. The molecular formula is C21H21F3N2O2. The molecule has 2 aromatic carbocycles. The quantitative estimate of drug-likeness (QED) is 0.776. The lowest BCUT2D eigenvalue weighted by molar-refractivity contribution is -0.138. The fraction of sp³-hybridized carbons (Fsp3) is 0.333. The Morgan fingerprint density at radius 1 is 1.00 bits per heavy atom. The van der Waals surface area contributed by atoms with E-state index in [4.69, 9.17) is 0 Å². The maximum atomic E-state index is 13.1. The first kappa shape index (κ1) is 19.9. The van der Waals surface area contributed by atoms with Crippen LogP contribution in [0.3, 0.4) is 0 Å². The highest BCUT2D eigenvalue weighted by molar-refractivity contribution is 6.15. The van der Waals surface area contributed by atoms with E-state index in [2.05, 4.69) is 5.32 Å². The van der Waals surface area contributed by atoms with Gasteiger partial charge in [-0.15, -0.1) is 0 Å². The number of hydrogen-bond acceptors (Lipinski definition) is 2. The van der Waals surface area contributed by atoms with Crippen molar-refractivity contribution in [3.05, 3.63) is 59.7 Å². The summed E-state index contributed by atoms with van der Waals surface area (Å²) in [5.41, 5.74) is -0.119. The molecule has 1 heterocycles. The second kappa shape index (κ2) is 7.30. The summed E-state index contributed by atoms with van der Waals surface area (Å²) in [6.07, 6.45) is -2.77. The predicted octanol–water partition coefficient (Wildman–Crippen LogP) is 4.65. The molecule has 3 rings (SSSR count). The summed E-state index contributed by atoms with van der Waals surface area (Å²) in [5.74, 6) is -0.913. The molecule has 7 heteroatoms. The molecule has 0 saturated carbocycles. The number of hydrogen-bond donors (Lipinski definition) is 1. The van der Waals surface area contributed by atoms with Crippen LogP contribution in [0, 0.1) is 5.41 Å². The summed E-state index contributed by atoms with van der Waals surface area (Å²) in [6, 6.07) is 11.7. The first-order valence-electron chi connectivity index (χ1n) is 8.99. The minimum atomic E-state index is -4.45. The zero-order valence-electron chi connectivity index (χ0n) is 15.6. The third kappa shape index (κ3) is 3.88. The van der Waals surface area contributed by atoms with E-state index in [-0.39, 0.29) is 11.6 Å². The van der Waals surface area contributed by atoms with Crippen molar-refractivity contribution in [1.29, 1.82) is 0 Å². The lowest BCUT2D eigenvalue weighted by atomic mass is 9.88. The molecule has 148 valence electrons. The van der Waals surface area contributed by atoms with Gasteiger partial charge < -0.3 is 10.2 Å². The Labute approximate surface area is 161 Å². The first-order valence-corrected chi connectivity index (χ1v) is 8.99. The predicted molar refractivity (Wildman–Crippen MR) is 101 cm³/mol. The maximum absolute atomic E-state index is 13.1. The molecule has 0 saturated heterocycles. The van der Waals surface area contributed by atoms with Crippen molar-refractivity contribution in [2.24, 2.45) is 5.41 Å². The number of carbonyl (C=O) groups is 2. The summed E-state index contributed by atoms with van der Waals surface area (Å²) in [6.45, 7) is 3.56. The topological polar surface area (TPSA) is 49.4 Å². The van der Waals surface area contributed by atoms with Crippen LogP contribution in [0.5, 0.6) is 0 Å². The van der Waals surface area contributed by atoms with Gasteiger partial charge in [0.2, 0.25) is 11.8 Å². The molecule has 0 radical (unpaired) electrons. The van der Waals surface area contributed by atoms with Crippen LogP contribution in [0.2, 0.25) is 0 Å². The van der Waals surface area contributed by atoms with Gasteiger partial charge in [0.25, 0.3) is 0 Å². The van der Waals surface area contributed by atoms with Crippen molar-refractivity contribution in [3.63, 3.8) is 0 Å². The highest BCUT2D eigenvalue weighted by Crippen LogP contribution is 2.33. The van der Waals surface area contributed by atoms with Crippen LogP contribution < -0.4 is 10.2 Å². The summed E-state index contributed by atoms with van der Waals surface area (Å²) in [5, 5.41) is 2.55. The minimum absolute atomic E-state index is 0.206. The number of alkyl halides is 3. The van der Waals surface area contributed by atoms with E-state index in [1.165, 1.54) is 26.0 Å². The van der Waals surface area contributed by atoms with Gasteiger partial charge in [0.05, 0.1) is 5.56 Å². The van der Waals surface area contributed by atoms with E-state index >= 15 is 0 Å². The summed E-state index contributed by atoms with van der Waals surface area (Å²) in [4.78, 5) is 27.5. The van der Waals surface area contributed by atoms with Gasteiger partial charge >= 0.3 is 6.18 Å². The van der Waals surface area contributed by atoms with Crippen LogP contribution in [-0.2, 0) is 22.2 Å². The minimum Gasteiger partial charge on any atom is -0.325 e. The molecular weight excluding hydrogens is 369 g/mol. The molecule has 0 aliphatic carbocycles. The van der Waals surface area contributed by atoms with Gasteiger partial charge in [-0.2, -0.15) is 13.2 Å². The highest BCUT2D eigenvalue weighted by Gasteiger charge is 2.41. The van der Waals surface area contributed by atoms with Gasteiger partial charge in [-0.3, -0.25) is 9.59 Å². The van der Waals surface area contributed by atoms with Crippen molar-refractivity contribution in [2.45, 2.75) is 32.9 Å². The standard InChI is InChI=1S/C21H21F3N2O2/c1-20(2,18(27)25-16-11-9-15(10-12-16)21(22,23)24)19(28)26-13-5-7-14-6-3-4-8-17(14)26/h3-4,6,8-12H,5,7,13H2,1-2H3,(H,25,27). The van der Waals surface area contributed by atoms with Gasteiger partial charge in [-0.1, -0.05) is 18.2 Å². The second-order valence-electron chi connectivity index (χ2n) is 7.34. The Morgan fingerprint density at radius 3 is 2.29 bits per heavy atom. The van der Waals surface area contributed by atoms with E-state index in [0.29, 0.717) is 6.54 Å². The molecule has 0 aromatic heterocycles. The maximum Gasteiger partial charge on any atom is 0.416 e. The molecule has 0 unspecified atom stereocenters. The van der Waals surface area contributed by atoms with Crippen LogP contribution in [0.1, 0.15) is 31.4 Å². The van der Waals surface area contributed by atoms with E-state index in [0.717, 1.165) is 36.2 Å². The molecule has 0 bridgehead atoms. The number of nitrogens with one attached hydrogen (secondary N) is 1. The molecule has 0 spiro atoms. The fourth-order valence-electron chi connectivity index (χ4n) is 3.21. The largest absolute Gasteiger partial charge is 0.416 e. The number of rotatable bonds is 3. The second-order valence-corrected chi connectivity index (χ2v) is 7.34. The summed E-state index contributed by atoms with van der Waals surface area (Å²) < 4.78 is 38.0. The normalized spacial score (nSPS) is 14.4. The first-order chi connectivity index (χ1) is 13.1. The lowest BCUT2D eigenvalue weighted by Crippen LogP contribution is -2.49. The number of aryl methyl sites for hydroxylation is 1. The fourth-order valence-corrected chi connectivity index (χ4v) is 3.21. The molecule has 2 amide bonds. The third-order valence-corrected chi connectivity index (χ3v) is 4.93. The average molecular weight is 390 g/mol. The number of fused-ring (bicyclic) bond motifs is 1. The van der Waals surface area contributed by atoms with Gasteiger partial charge in [0.1, 0.15) is 5.41 Å². The van der Waals surface area contributed by atoms with Crippen molar-refractivity contribution in [3.8, 4) is 0 Å². The Hall–Kier alpha value is -2.83. The molecule has 0 fully saturated rings. The summed E-state index contributed by atoms with van der Waals surface area (Å²) >= 11 is 0. The third-order valence-electron chi connectivity index (χ3n) is 4.93. The van der Waals surface area contributed by atoms with Crippen LogP contribution in [-0.4, -0.2) is 18.4 Å². The van der Waals surface area contributed by atoms with E-state index in [1.54, 1.807) is 4.90 Å². The van der Waals surface area contributed by atoms with E-state index in [9.17, 15) is 22.8 Å². The Kier molecular flexibility index (Phi) is 5.19. The number of carbonyl (C=O) groups excluding carboxylic acids is 2. The molecule has 1 aliphatic rings. The van der Waals surface area contributed by atoms with Crippen molar-refractivity contribution in [2.75, 3.05) is 16.8 Å². The van der Waals surface area contributed by atoms with Crippen LogP contribution in [0.4, 0.5) is 24.5 Å². The zero-order valence-corrected chi connectivity index (χ0v) is 15.6. The van der Waals surface area contributed by atoms with Crippen LogP contribution >= 0.6 is 0 Å². The van der Waals surface area contributed by atoms with Crippen LogP contribution in [0.15, 0.2) is 48.5 Å². The van der Waals surface area contributed by atoms with Crippen molar-refractivity contribution in [1.82, 2.24) is 0 Å². The number of nitrogens with zero attached hydrogens (tertiary/aromatic N) is 1. The van der Waals surface area contributed by atoms with Gasteiger partial charge in [-0.05, 0) is 62.6 Å². The molecule has 28 heavy (non-hydrogen) atoms. The summed E-state index contributed by atoms with van der Waals surface area (Å²) in [7, 11) is 0. The molecule has 2 aromatic rings. The Balaban J connectivity index is 1.77. The number of halogens is 3. The lowest BCUT2D eigenvalue weighted by Gasteiger charge is -2.35. The van der Waals surface area contributed by atoms with Crippen molar-refractivity contribution >= 4 is 23.2 Å². The van der Waals surface area contributed by atoms with E-state index in [1.807, 2.05) is 24.3 Å². The van der Waals surface area contributed by atoms with Crippen molar-refractivity contribution < 1.29 is 22.8 Å². The SMILES string of the molecule is CC(C)(C(=O)Nc1ccc(C(F)(F)F)cc1)C(=O)N1CCCc2ccccc21. The molecule has 1 N–H and O–H groups in total.